The van der Waals surface area contributed by atoms with Crippen LogP contribution in [0.4, 0.5) is 5.69 Å². The molecule has 132 valence electrons. The number of hydrogen-bond acceptors (Lipinski definition) is 3. The molecule has 3 nitrogen and oxygen atoms in total. The number of ether oxygens (including phenoxy) is 1. The molecule has 0 radical (unpaired) electrons. The van der Waals surface area contributed by atoms with Gasteiger partial charge in [-0.15, -0.1) is 0 Å². The van der Waals surface area contributed by atoms with Gasteiger partial charge in [0.2, 0.25) is 0 Å². The predicted molar refractivity (Wildman–Crippen MR) is 105 cm³/mol. The van der Waals surface area contributed by atoms with Gasteiger partial charge in [-0.05, 0) is 40.8 Å². The molecule has 26 heavy (non-hydrogen) atoms. The number of phenolic OH excluding ortho intramolecular Hbond substituents is 1. The first-order chi connectivity index (χ1) is 12.7. The summed E-state index contributed by atoms with van der Waals surface area (Å²) in [6.45, 7) is 2.28. The number of para-hydroxylation sites is 1. The monoisotopic (exact) mass is 345 g/mol. The van der Waals surface area contributed by atoms with Crippen LogP contribution >= 0.6 is 0 Å². The van der Waals surface area contributed by atoms with Crippen LogP contribution in [0.1, 0.15) is 35.6 Å². The van der Waals surface area contributed by atoms with Crippen molar-refractivity contribution in [1.29, 1.82) is 0 Å². The van der Waals surface area contributed by atoms with Gasteiger partial charge in [-0.3, -0.25) is 0 Å². The van der Waals surface area contributed by atoms with Gasteiger partial charge in [0.15, 0.2) is 11.5 Å². The van der Waals surface area contributed by atoms with Crippen LogP contribution in [-0.4, -0.2) is 12.2 Å². The fraction of sp³-hybridized carbons (Fsp3) is 0.217. The van der Waals surface area contributed by atoms with Gasteiger partial charge in [-0.2, -0.15) is 0 Å². The minimum absolute atomic E-state index is 0.172. The Bertz CT molecular complexity index is 907. The van der Waals surface area contributed by atoms with Crippen molar-refractivity contribution >= 4 is 5.69 Å². The third-order valence-corrected chi connectivity index (χ3v) is 5.38. The molecule has 0 amide bonds. The molecule has 3 heteroatoms. The van der Waals surface area contributed by atoms with Crippen molar-refractivity contribution in [2.45, 2.75) is 18.9 Å². The van der Waals surface area contributed by atoms with Crippen LogP contribution in [0.5, 0.6) is 11.5 Å². The first kappa shape index (κ1) is 16.5. The Hall–Kier alpha value is -2.94. The van der Waals surface area contributed by atoms with Crippen LogP contribution in [0.25, 0.3) is 0 Å². The average molecular weight is 345 g/mol. The molecule has 1 aliphatic rings. The normalized spacial score (nSPS) is 21.5. The van der Waals surface area contributed by atoms with E-state index >= 15 is 0 Å². The van der Waals surface area contributed by atoms with Gasteiger partial charge in [0, 0.05) is 11.6 Å². The molecular formula is C23H23NO2. The lowest BCUT2D eigenvalue weighted by molar-refractivity contribution is 0.370. The van der Waals surface area contributed by atoms with Gasteiger partial charge in [-0.1, -0.05) is 61.5 Å². The van der Waals surface area contributed by atoms with Crippen LogP contribution in [-0.2, 0) is 0 Å². The zero-order chi connectivity index (χ0) is 18.1. The Morgan fingerprint density at radius 2 is 1.62 bits per heavy atom. The van der Waals surface area contributed by atoms with Gasteiger partial charge >= 0.3 is 0 Å². The number of methoxy groups -OCH3 is 1. The van der Waals surface area contributed by atoms with E-state index in [9.17, 15) is 5.11 Å². The number of hydrogen-bond donors (Lipinski definition) is 2. The van der Waals surface area contributed by atoms with Gasteiger partial charge in [0.1, 0.15) is 0 Å². The Balaban J connectivity index is 1.84. The van der Waals surface area contributed by atoms with E-state index in [1.807, 2.05) is 18.2 Å². The highest BCUT2D eigenvalue weighted by Gasteiger charge is 2.35. The molecule has 2 N–H and O–H groups in total. The number of benzene rings is 3. The zero-order valence-electron chi connectivity index (χ0n) is 15.0. The topological polar surface area (TPSA) is 41.5 Å². The number of aromatic hydroxyl groups is 1. The third-order valence-electron chi connectivity index (χ3n) is 5.38. The molecule has 0 spiro atoms. The Morgan fingerprint density at radius 1 is 0.885 bits per heavy atom. The van der Waals surface area contributed by atoms with Crippen molar-refractivity contribution in [3.63, 3.8) is 0 Å². The first-order valence-electron chi connectivity index (χ1n) is 8.96. The summed E-state index contributed by atoms with van der Waals surface area (Å²) in [6.07, 6.45) is 0. The van der Waals surface area contributed by atoms with Gasteiger partial charge in [-0.25, -0.2) is 0 Å². The highest BCUT2D eigenvalue weighted by atomic mass is 16.5. The minimum atomic E-state index is 0.172. The van der Waals surface area contributed by atoms with Crippen LogP contribution < -0.4 is 10.1 Å². The third kappa shape index (κ3) is 2.80. The second kappa shape index (κ2) is 6.75. The molecule has 1 aliphatic heterocycles. The van der Waals surface area contributed by atoms with Crippen molar-refractivity contribution in [2.75, 3.05) is 12.4 Å². The second-order valence-electron chi connectivity index (χ2n) is 6.89. The number of fused-ring (bicyclic) bond motifs is 1. The van der Waals surface area contributed by atoms with Gasteiger partial charge in [0.25, 0.3) is 0 Å². The van der Waals surface area contributed by atoms with Crippen molar-refractivity contribution in [2.24, 2.45) is 5.92 Å². The summed E-state index contributed by atoms with van der Waals surface area (Å²) in [7, 11) is 1.59. The number of nitrogens with one attached hydrogen (secondary N) is 1. The molecule has 3 aromatic rings. The largest absolute Gasteiger partial charge is 0.504 e. The summed E-state index contributed by atoms with van der Waals surface area (Å²) in [6, 6.07) is 25.0. The average Bonchev–Trinajstić information content (AvgIpc) is 2.69. The molecule has 3 atom stereocenters. The Labute approximate surface area is 154 Å². The highest BCUT2D eigenvalue weighted by molar-refractivity contribution is 5.60. The molecule has 0 saturated heterocycles. The first-order valence-corrected chi connectivity index (χ1v) is 8.96. The molecule has 0 unspecified atom stereocenters. The molecule has 0 aliphatic carbocycles. The molecule has 1 heterocycles. The van der Waals surface area contributed by atoms with E-state index in [4.69, 9.17) is 4.74 Å². The maximum absolute atomic E-state index is 9.99. The maximum atomic E-state index is 9.99. The lowest BCUT2D eigenvalue weighted by atomic mass is 9.73. The standard InChI is InChI=1S/C23H23NO2/c1-15-22(17-12-13-20(25)21(14-17)26-2)18-10-6-7-11-19(18)24-23(15)16-8-4-3-5-9-16/h3-15,22-25H,1-2H3/t15-,22+,23-/m0/s1. The summed E-state index contributed by atoms with van der Waals surface area (Å²) in [5, 5.41) is 13.7. The molecule has 3 aromatic carbocycles. The molecule has 0 saturated carbocycles. The summed E-state index contributed by atoms with van der Waals surface area (Å²) >= 11 is 0. The highest BCUT2D eigenvalue weighted by Crippen LogP contribution is 2.48. The van der Waals surface area contributed by atoms with Crippen LogP contribution in [0.15, 0.2) is 72.8 Å². The molecule has 4 rings (SSSR count). The van der Waals surface area contributed by atoms with E-state index < -0.39 is 0 Å². The lowest BCUT2D eigenvalue weighted by Gasteiger charge is -2.39. The summed E-state index contributed by atoms with van der Waals surface area (Å²) in [5.74, 6) is 1.24. The Kier molecular flexibility index (Phi) is 4.29. The van der Waals surface area contributed by atoms with E-state index in [-0.39, 0.29) is 17.7 Å². The van der Waals surface area contributed by atoms with Crippen LogP contribution in [0, 0.1) is 5.92 Å². The Morgan fingerprint density at radius 3 is 2.38 bits per heavy atom. The molecule has 0 fully saturated rings. The van der Waals surface area contributed by atoms with Crippen molar-refractivity contribution in [3.8, 4) is 11.5 Å². The summed E-state index contributed by atoms with van der Waals surface area (Å²) in [5.41, 5.74) is 4.88. The quantitative estimate of drug-likeness (QED) is 0.673. The van der Waals surface area contributed by atoms with Gasteiger partial charge < -0.3 is 15.2 Å². The van der Waals surface area contributed by atoms with Crippen molar-refractivity contribution in [3.05, 3.63) is 89.5 Å². The molecular weight excluding hydrogens is 322 g/mol. The van der Waals surface area contributed by atoms with E-state index in [0.29, 0.717) is 11.7 Å². The van der Waals surface area contributed by atoms with Crippen LogP contribution in [0.2, 0.25) is 0 Å². The van der Waals surface area contributed by atoms with Crippen molar-refractivity contribution < 1.29 is 9.84 Å². The lowest BCUT2D eigenvalue weighted by Crippen LogP contribution is -2.30. The van der Waals surface area contributed by atoms with E-state index in [1.54, 1.807) is 13.2 Å². The smallest absolute Gasteiger partial charge is 0.160 e. The predicted octanol–water partition coefficient (Wildman–Crippen LogP) is 5.34. The summed E-state index contributed by atoms with van der Waals surface area (Å²) < 4.78 is 5.35. The number of phenols is 1. The minimum Gasteiger partial charge on any atom is -0.504 e. The van der Waals surface area contributed by atoms with E-state index in [1.165, 1.54) is 11.1 Å². The second-order valence-corrected chi connectivity index (χ2v) is 6.89. The zero-order valence-corrected chi connectivity index (χ0v) is 15.0. The molecule has 0 bridgehead atoms. The number of anilines is 1. The van der Waals surface area contributed by atoms with Gasteiger partial charge in [0.05, 0.1) is 13.2 Å². The van der Waals surface area contributed by atoms with E-state index in [2.05, 4.69) is 60.8 Å². The van der Waals surface area contributed by atoms with Crippen molar-refractivity contribution in [1.82, 2.24) is 0 Å². The fourth-order valence-electron chi connectivity index (χ4n) is 4.09. The van der Waals surface area contributed by atoms with E-state index in [0.717, 1.165) is 11.3 Å². The summed E-state index contributed by atoms with van der Waals surface area (Å²) in [4.78, 5) is 0. The number of rotatable bonds is 3. The fourth-order valence-corrected chi connectivity index (χ4v) is 4.09. The van der Waals surface area contributed by atoms with Crippen LogP contribution in [0.3, 0.4) is 0 Å². The molecule has 0 aromatic heterocycles. The SMILES string of the molecule is COc1cc([C@@H]2c3ccccc3N[C@H](c3ccccc3)[C@H]2C)ccc1O. The maximum Gasteiger partial charge on any atom is 0.160 e.